The standard InChI is InChI=1S/C22H24F3N3O4S/c1-15-2-8-19(33-15)18(29)7-9-21(31)28-12-10-27(11-13-28)14-20(30)26-16-3-5-17(6-4-16)32-22(23,24)25/h2-6,8H,7,9-14H2,1H3,(H,26,30). The van der Waals surface area contributed by atoms with Crippen LogP contribution in [0.1, 0.15) is 27.4 Å². The number of nitrogens with zero attached hydrogens (tertiary/aromatic N) is 2. The molecule has 2 heterocycles. The number of amides is 2. The number of anilines is 1. The lowest BCUT2D eigenvalue weighted by Gasteiger charge is -2.34. The third-order valence-electron chi connectivity index (χ3n) is 5.04. The molecule has 1 fully saturated rings. The highest BCUT2D eigenvalue weighted by molar-refractivity contribution is 7.14. The van der Waals surface area contributed by atoms with E-state index in [9.17, 15) is 27.6 Å². The highest BCUT2D eigenvalue weighted by Gasteiger charge is 2.31. The molecule has 1 aliphatic heterocycles. The van der Waals surface area contributed by atoms with Crippen LogP contribution < -0.4 is 10.1 Å². The first kappa shape index (κ1) is 24.7. The topological polar surface area (TPSA) is 79.0 Å². The van der Waals surface area contributed by atoms with Crippen molar-refractivity contribution in [3.63, 3.8) is 0 Å². The maximum absolute atomic E-state index is 12.4. The second-order valence-electron chi connectivity index (χ2n) is 7.61. The Morgan fingerprint density at radius 1 is 1.00 bits per heavy atom. The van der Waals surface area contributed by atoms with Crippen LogP contribution in [-0.4, -0.2) is 66.5 Å². The molecule has 0 spiro atoms. The predicted molar refractivity (Wildman–Crippen MR) is 117 cm³/mol. The summed E-state index contributed by atoms with van der Waals surface area (Å²) in [6.45, 7) is 3.96. The van der Waals surface area contributed by atoms with Crippen molar-refractivity contribution in [3.8, 4) is 5.75 Å². The van der Waals surface area contributed by atoms with Crippen molar-refractivity contribution in [2.24, 2.45) is 0 Å². The number of piperazine rings is 1. The van der Waals surface area contributed by atoms with Crippen molar-refractivity contribution in [1.29, 1.82) is 0 Å². The number of benzene rings is 1. The second kappa shape index (κ2) is 10.8. The van der Waals surface area contributed by atoms with E-state index in [1.54, 1.807) is 11.0 Å². The Morgan fingerprint density at radius 3 is 2.24 bits per heavy atom. The molecule has 7 nitrogen and oxygen atoms in total. The van der Waals surface area contributed by atoms with Crippen LogP contribution in [0.5, 0.6) is 5.75 Å². The van der Waals surface area contributed by atoms with Crippen molar-refractivity contribution >= 4 is 34.6 Å². The minimum atomic E-state index is -4.77. The number of aryl methyl sites for hydroxylation is 1. The van der Waals surface area contributed by atoms with Gasteiger partial charge in [-0.1, -0.05) is 0 Å². The SMILES string of the molecule is Cc1ccc(C(=O)CCC(=O)N2CCN(CC(=O)Nc3ccc(OC(F)(F)F)cc3)CC2)s1. The molecule has 1 saturated heterocycles. The zero-order valence-electron chi connectivity index (χ0n) is 18.0. The molecular formula is C22H24F3N3O4S. The first-order chi connectivity index (χ1) is 15.6. The summed E-state index contributed by atoms with van der Waals surface area (Å²) in [5.41, 5.74) is 0.355. The van der Waals surface area contributed by atoms with Crippen molar-refractivity contribution in [2.45, 2.75) is 26.1 Å². The smallest absolute Gasteiger partial charge is 0.406 e. The first-order valence-electron chi connectivity index (χ1n) is 10.3. The van der Waals surface area contributed by atoms with Crippen LogP contribution in [0.2, 0.25) is 0 Å². The molecule has 0 bridgehead atoms. The van der Waals surface area contributed by atoms with E-state index in [0.29, 0.717) is 36.7 Å². The quantitative estimate of drug-likeness (QED) is 0.580. The van der Waals surface area contributed by atoms with Gasteiger partial charge in [0, 0.05) is 49.6 Å². The van der Waals surface area contributed by atoms with Gasteiger partial charge in [-0.15, -0.1) is 24.5 Å². The molecule has 2 amide bonds. The number of nitrogens with one attached hydrogen (secondary N) is 1. The lowest BCUT2D eigenvalue weighted by atomic mass is 10.1. The van der Waals surface area contributed by atoms with Crippen LogP contribution in [0, 0.1) is 6.92 Å². The maximum atomic E-state index is 12.4. The third-order valence-corrected chi connectivity index (χ3v) is 6.09. The molecule has 0 radical (unpaired) electrons. The molecule has 33 heavy (non-hydrogen) atoms. The van der Waals surface area contributed by atoms with Crippen molar-refractivity contribution in [3.05, 3.63) is 46.2 Å². The van der Waals surface area contributed by atoms with E-state index in [0.717, 1.165) is 17.0 Å². The minimum Gasteiger partial charge on any atom is -0.406 e. The van der Waals surface area contributed by atoms with E-state index in [1.165, 1.54) is 23.5 Å². The molecule has 1 aromatic carbocycles. The monoisotopic (exact) mass is 483 g/mol. The zero-order chi connectivity index (χ0) is 24.0. The lowest BCUT2D eigenvalue weighted by Crippen LogP contribution is -2.50. The number of Topliss-reactive ketones (excluding diaryl/α,β-unsaturated/α-hetero) is 1. The molecule has 0 atom stereocenters. The molecule has 0 saturated carbocycles. The van der Waals surface area contributed by atoms with Gasteiger partial charge >= 0.3 is 6.36 Å². The fourth-order valence-corrected chi connectivity index (χ4v) is 4.22. The Balaban J connectivity index is 1.37. The number of ketones is 1. The molecule has 1 N–H and O–H groups in total. The molecule has 1 aliphatic rings. The van der Waals surface area contributed by atoms with Crippen LogP contribution in [0.25, 0.3) is 0 Å². The molecular weight excluding hydrogens is 459 g/mol. The van der Waals surface area contributed by atoms with Gasteiger partial charge in [0.2, 0.25) is 11.8 Å². The van der Waals surface area contributed by atoms with Gasteiger partial charge in [-0.2, -0.15) is 0 Å². The minimum absolute atomic E-state index is 0.0326. The van der Waals surface area contributed by atoms with E-state index >= 15 is 0 Å². The van der Waals surface area contributed by atoms with E-state index in [2.05, 4.69) is 10.1 Å². The molecule has 2 aromatic rings. The predicted octanol–water partition coefficient (Wildman–Crippen LogP) is 3.70. The number of ether oxygens (including phenoxy) is 1. The van der Waals surface area contributed by atoms with Gasteiger partial charge < -0.3 is 15.0 Å². The van der Waals surface area contributed by atoms with E-state index in [-0.39, 0.29) is 42.7 Å². The summed E-state index contributed by atoms with van der Waals surface area (Å²) in [5, 5.41) is 2.63. The van der Waals surface area contributed by atoms with Crippen molar-refractivity contribution in [1.82, 2.24) is 9.80 Å². The van der Waals surface area contributed by atoms with Crippen LogP contribution in [0.15, 0.2) is 36.4 Å². The van der Waals surface area contributed by atoms with Crippen LogP contribution in [-0.2, 0) is 9.59 Å². The van der Waals surface area contributed by atoms with Crippen LogP contribution >= 0.6 is 11.3 Å². The molecule has 11 heteroatoms. The first-order valence-corrected chi connectivity index (χ1v) is 11.2. The number of hydrogen-bond donors (Lipinski definition) is 1. The van der Waals surface area contributed by atoms with Crippen molar-refractivity contribution < 1.29 is 32.3 Å². The van der Waals surface area contributed by atoms with Gasteiger partial charge in [0.1, 0.15) is 5.75 Å². The average molecular weight is 484 g/mol. The van der Waals surface area contributed by atoms with Crippen molar-refractivity contribution in [2.75, 3.05) is 38.0 Å². The van der Waals surface area contributed by atoms with Gasteiger partial charge in [0.05, 0.1) is 11.4 Å². The Bertz CT molecular complexity index is 984. The number of halogens is 3. The van der Waals surface area contributed by atoms with Gasteiger partial charge in [0.25, 0.3) is 0 Å². The molecule has 1 aromatic heterocycles. The molecule has 0 aliphatic carbocycles. The number of thiophene rings is 1. The number of alkyl halides is 3. The zero-order valence-corrected chi connectivity index (χ0v) is 18.8. The third kappa shape index (κ3) is 7.86. The normalized spacial score (nSPS) is 14.7. The highest BCUT2D eigenvalue weighted by Crippen LogP contribution is 2.24. The Labute approximate surface area is 193 Å². The summed E-state index contributed by atoms with van der Waals surface area (Å²) >= 11 is 1.42. The van der Waals surface area contributed by atoms with Gasteiger partial charge in [-0.3, -0.25) is 19.3 Å². The van der Waals surface area contributed by atoms with Gasteiger partial charge in [-0.25, -0.2) is 0 Å². The Hall–Kier alpha value is -2.92. The number of carbonyl (C=O) groups is 3. The molecule has 3 rings (SSSR count). The summed E-state index contributed by atoms with van der Waals surface area (Å²) in [7, 11) is 0. The summed E-state index contributed by atoms with van der Waals surface area (Å²) in [6, 6.07) is 8.56. The lowest BCUT2D eigenvalue weighted by molar-refractivity contribution is -0.274. The van der Waals surface area contributed by atoms with E-state index in [1.807, 2.05) is 17.9 Å². The fraction of sp³-hybridized carbons (Fsp3) is 0.409. The Morgan fingerprint density at radius 2 is 1.67 bits per heavy atom. The second-order valence-corrected chi connectivity index (χ2v) is 8.90. The summed E-state index contributed by atoms with van der Waals surface area (Å²) in [4.78, 5) is 42.1. The van der Waals surface area contributed by atoms with Gasteiger partial charge in [-0.05, 0) is 43.3 Å². The highest BCUT2D eigenvalue weighted by atomic mass is 32.1. The largest absolute Gasteiger partial charge is 0.573 e. The van der Waals surface area contributed by atoms with Crippen LogP contribution in [0.3, 0.4) is 0 Å². The number of hydrogen-bond acceptors (Lipinski definition) is 6. The van der Waals surface area contributed by atoms with E-state index < -0.39 is 6.36 Å². The molecule has 178 valence electrons. The number of carbonyl (C=O) groups excluding carboxylic acids is 3. The maximum Gasteiger partial charge on any atom is 0.573 e. The van der Waals surface area contributed by atoms with Crippen LogP contribution in [0.4, 0.5) is 18.9 Å². The number of rotatable bonds is 8. The summed E-state index contributed by atoms with van der Waals surface area (Å²) in [6.07, 6.45) is -4.44. The van der Waals surface area contributed by atoms with E-state index in [4.69, 9.17) is 0 Å². The summed E-state index contributed by atoms with van der Waals surface area (Å²) in [5.74, 6) is -0.791. The summed E-state index contributed by atoms with van der Waals surface area (Å²) < 4.78 is 40.4. The fourth-order valence-electron chi connectivity index (χ4n) is 3.39. The average Bonchev–Trinajstić information content (AvgIpc) is 3.19. The molecule has 0 unspecified atom stereocenters. The Kier molecular flexibility index (Phi) is 8.09. The van der Waals surface area contributed by atoms with Gasteiger partial charge in [0.15, 0.2) is 5.78 Å².